The van der Waals surface area contributed by atoms with E-state index in [1.807, 2.05) is 70.0 Å². The maximum absolute atomic E-state index is 12.5. The molecule has 9 heteroatoms. The standard InChI is InChI=1S/C29H36N6O3/c1-19-23(17-32-35(19)22-10-13-34(14-11-22)28(36)38-29(3,4)5)21-15-25-27(33(6)18-31-25)26(16-21)37-20(2)24-9-7-8-12-30-24/h7-9,12,15-18,20,22H,10-11,13-14H2,1-6H3/t20-/m1/s1. The van der Waals surface area contributed by atoms with Crippen LogP contribution in [0.2, 0.25) is 0 Å². The first-order valence-corrected chi connectivity index (χ1v) is 13.2. The Bertz CT molecular complexity index is 1430. The van der Waals surface area contributed by atoms with Gasteiger partial charge in [-0.25, -0.2) is 9.78 Å². The van der Waals surface area contributed by atoms with Gasteiger partial charge in [-0.3, -0.25) is 9.67 Å². The molecule has 1 aliphatic heterocycles. The lowest BCUT2D eigenvalue weighted by molar-refractivity contribution is 0.0184. The summed E-state index contributed by atoms with van der Waals surface area (Å²) in [5.41, 5.74) is 5.32. The quantitative estimate of drug-likeness (QED) is 0.331. The van der Waals surface area contributed by atoms with Crippen LogP contribution in [0.4, 0.5) is 4.79 Å². The average molecular weight is 517 g/mol. The smallest absolute Gasteiger partial charge is 0.410 e. The zero-order chi connectivity index (χ0) is 27.0. The summed E-state index contributed by atoms with van der Waals surface area (Å²) in [6.45, 7) is 11.1. The van der Waals surface area contributed by atoms with E-state index in [1.165, 1.54) is 0 Å². The molecule has 1 saturated heterocycles. The average Bonchev–Trinajstić information content (AvgIpc) is 3.46. The summed E-state index contributed by atoms with van der Waals surface area (Å²) in [6.07, 6.45) is 6.70. The van der Waals surface area contributed by atoms with Gasteiger partial charge < -0.3 is 18.9 Å². The molecular weight excluding hydrogens is 480 g/mol. The van der Waals surface area contributed by atoms with Crippen LogP contribution in [0.25, 0.3) is 22.2 Å². The highest BCUT2D eigenvalue weighted by Crippen LogP contribution is 2.36. The van der Waals surface area contributed by atoms with Gasteiger partial charge in [0, 0.05) is 37.6 Å². The van der Waals surface area contributed by atoms with E-state index in [1.54, 1.807) is 11.1 Å². The van der Waals surface area contributed by atoms with Crippen molar-refractivity contribution in [3.63, 3.8) is 0 Å². The Morgan fingerprint density at radius 2 is 1.89 bits per heavy atom. The van der Waals surface area contributed by atoms with E-state index in [0.717, 1.165) is 52.1 Å². The predicted octanol–water partition coefficient (Wildman–Crippen LogP) is 5.85. The van der Waals surface area contributed by atoms with Crippen molar-refractivity contribution in [2.75, 3.05) is 13.1 Å². The van der Waals surface area contributed by atoms with Gasteiger partial charge in [-0.05, 0) is 77.3 Å². The lowest BCUT2D eigenvalue weighted by Gasteiger charge is -2.33. The summed E-state index contributed by atoms with van der Waals surface area (Å²) in [7, 11) is 1.97. The number of fused-ring (bicyclic) bond motifs is 1. The first-order chi connectivity index (χ1) is 18.1. The molecule has 1 aliphatic rings. The monoisotopic (exact) mass is 516 g/mol. The van der Waals surface area contributed by atoms with E-state index in [0.29, 0.717) is 13.1 Å². The molecule has 4 heterocycles. The first-order valence-electron chi connectivity index (χ1n) is 13.2. The number of imidazole rings is 1. The highest BCUT2D eigenvalue weighted by Gasteiger charge is 2.29. The van der Waals surface area contributed by atoms with Gasteiger partial charge in [-0.1, -0.05) is 6.07 Å². The Morgan fingerprint density at radius 1 is 1.13 bits per heavy atom. The number of likely N-dealkylation sites (tertiary alicyclic amines) is 1. The van der Waals surface area contributed by atoms with Crippen LogP contribution in [-0.2, 0) is 11.8 Å². The Morgan fingerprint density at radius 3 is 2.58 bits per heavy atom. The number of hydrogen-bond acceptors (Lipinski definition) is 6. The van der Waals surface area contributed by atoms with Gasteiger partial charge in [-0.15, -0.1) is 0 Å². The van der Waals surface area contributed by atoms with Crippen LogP contribution in [0.3, 0.4) is 0 Å². The molecular formula is C29H36N6O3. The van der Waals surface area contributed by atoms with Gasteiger partial charge >= 0.3 is 6.09 Å². The van der Waals surface area contributed by atoms with Gasteiger partial charge in [0.1, 0.15) is 23.0 Å². The van der Waals surface area contributed by atoms with Gasteiger partial charge in [0.25, 0.3) is 0 Å². The number of hydrogen-bond donors (Lipinski definition) is 0. The molecule has 9 nitrogen and oxygen atoms in total. The third-order valence-electron chi connectivity index (χ3n) is 7.00. The minimum absolute atomic E-state index is 0.219. The zero-order valence-electron chi connectivity index (χ0n) is 23.0. The lowest BCUT2D eigenvalue weighted by Crippen LogP contribution is -2.42. The first kappa shape index (κ1) is 25.8. The maximum Gasteiger partial charge on any atom is 0.410 e. The number of pyridine rings is 1. The van der Waals surface area contributed by atoms with E-state index in [2.05, 4.69) is 33.7 Å². The summed E-state index contributed by atoms with van der Waals surface area (Å²) in [5, 5.41) is 4.77. The van der Waals surface area contributed by atoms with Gasteiger partial charge in [-0.2, -0.15) is 5.10 Å². The summed E-state index contributed by atoms with van der Waals surface area (Å²) < 4.78 is 16.1. The fourth-order valence-electron chi connectivity index (χ4n) is 5.06. The molecule has 38 heavy (non-hydrogen) atoms. The molecule has 0 spiro atoms. The molecule has 0 bridgehead atoms. The highest BCUT2D eigenvalue weighted by molar-refractivity contribution is 5.88. The van der Waals surface area contributed by atoms with E-state index in [-0.39, 0.29) is 18.2 Å². The zero-order valence-corrected chi connectivity index (χ0v) is 23.0. The second-order valence-electron chi connectivity index (χ2n) is 11.0. The number of aryl methyl sites for hydroxylation is 1. The molecule has 0 unspecified atom stereocenters. The van der Waals surface area contributed by atoms with Gasteiger partial charge in [0.2, 0.25) is 0 Å². The number of rotatable bonds is 5. The Hall–Kier alpha value is -3.88. The lowest BCUT2D eigenvalue weighted by atomic mass is 10.0. The second kappa shape index (κ2) is 10.1. The van der Waals surface area contributed by atoms with E-state index < -0.39 is 5.60 Å². The third-order valence-corrected chi connectivity index (χ3v) is 7.00. The third kappa shape index (κ3) is 5.23. The summed E-state index contributed by atoms with van der Waals surface area (Å²) in [5.74, 6) is 0.758. The van der Waals surface area contributed by atoms with E-state index in [4.69, 9.17) is 14.6 Å². The molecule has 0 saturated carbocycles. The molecule has 0 radical (unpaired) electrons. The van der Waals surface area contributed by atoms with E-state index in [9.17, 15) is 4.79 Å². The van der Waals surface area contributed by atoms with Crippen molar-refractivity contribution >= 4 is 17.1 Å². The molecule has 3 aromatic heterocycles. The molecule has 5 rings (SSSR count). The minimum Gasteiger partial charge on any atom is -0.482 e. The Kier molecular flexibility index (Phi) is 6.86. The van der Waals surface area contributed by atoms with Crippen LogP contribution in [0.1, 0.15) is 64.1 Å². The molecule has 1 fully saturated rings. The minimum atomic E-state index is -0.492. The maximum atomic E-state index is 12.5. The number of aromatic nitrogens is 5. The number of benzene rings is 1. The number of amides is 1. The van der Waals surface area contributed by atoms with Crippen molar-refractivity contribution in [2.45, 2.75) is 65.2 Å². The number of carbonyl (C=O) groups excluding carboxylic acids is 1. The molecule has 4 aromatic rings. The normalized spacial score (nSPS) is 15.6. The molecule has 0 N–H and O–H groups in total. The molecule has 1 atom stereocenters. The fourth-order valence-corrected chi connectivity index (χ4v) is 5.06. The van der Waals surface area contributed by atoms with Crippen LogP contribution in [0.5, 0.6) is 5.75 Å². The number of piperidine rings is 1. The number of carbonyl (C=O) groups is 1. The number of ether oxygens (including phenoxy) is 2. The molecule has 0 aliphatic carbocycles. The summed E-state index contributed by atoms with van der Waals surface area (Å²) in [4.78, 5) is 23.3. The van der Waals surface area contributed by atoms with Crippen molar-refractivity contribution in [3.8, 4) is 16.9 Å². The Balaban J connectivity index is 1.38. The molecule has 1 amide bonds. The van der Waals surface area contributed by atoms with Gasteiger partial charge in [0.05, 0.1) is 29.8 Å². The van der Waals surface area contributed by atoms with Crippen molar-refractivity contribution in [1.82, 2.24) is 29.2 Å². The van der Waals surface area contributed by atoms with Crippen LogP contribution < -0.4 is 4.74 Å². The fraction of sp³-hybridized carbons (Fsp3) is 0.448. The van der Waals surface area contributed by atoms with Crippen LogP contribution in [-0.4, -0.2) is 54.0 Å². The molecule has 1 aromatic carbocycles. The SMILES string of the molecule is Cc1c(-c2cc(O[C@H](C)c3ccccn3)c3c(c2)ncn3C)cnn1C1CCN(C(=O)OC(C)(C)C)CC1. The van der Waals surface area contributed by atoms with E-state index >= 15 is 0 Å². The number of nitrogens with zero attached hydrogens (tertiary/aromatic N) is 6. The predicted molar refractivity (Wildman–Crippen MR) is 146 cm³/mol. The van der Waals surface area contributed by atoms with Gasteiger partial charge in [0.15, 0.2) is 0 Å². The topological polar surface area (TPSA) is 87.3 Å². The Labute approximate surface area is 223 Å². The largest absolute Gasteiger partial charge is 0.482 e. The summed E-state index contributed by atoms with van der Waals surface area (Å²) in [6, 6.07) is 10.2. The van der Waals surface area contributed by atoms with Crippen LogP contribution in [0.15, 0.2) is 49.1 Å². The van der Waals surface area contributed by atoms with Crippen LogP contribution in [0, 0.1) is 6.92 Å². The summed E-state index contributed by atoms with van der Waals surface area (Å²) >= 11 is 0. The van der Waals surface area contributed by atoms with Crippen molar-refractivity contribution < 1.29 is 14.3 Å². The highest BCUT2D eigenvalue weighted by atomic mass is 16.6. The second-order valence-corrected chi connectivity index (χ2v) is 11.0. The van der Waals surface area contributed by atoms with Crippen LogP contribution >= 0.6 is 0 Å². The van der Waals surface area contributed by atoms with Crippen molar-refractivity contribution in [1.29, 1.82) is 0 Å². The van der Waals surface area contributed by atoms with Crippen molar-refractivity contribution in [3.05, 3.63) is 60.4 Å². The molecule has 200 valence electrons. The van der Waals surface area contributed by atoms with Crippen molar-refractivity contribution in [2.24, 2.45) is 7.05 Å².